The van der Waals surface area contributed by atoms with Crippen LogP contribution in [0.15, 0.2) is 73.3 Å². The molecule has 0 bridgehead atoms. The molecule has 2 nitrogen and oxygen atoms in total. The minimum absolute atomic E-state index is 0.768. The molecule has 0 amide bonds. The van der Waals surface area contributed by atoms with Crippen LogP contribution in [-0.4, -0.2) is 13.7 Å². The van der Waals surface area contributed by atoms with E-state index in [4.69, 9.17) is 9.47 Å². The van der Waals surface area contributed by atoms with Gasteiger partial charge in [-0.2, -0.15) is 0 Å². The van der Waals surface area contributed by atoms with Crippen molar-refractivity contribution >= 4 is 0 Å². The molecule has 0 aliphatic rings. The predicted molar refractivity (Wildman–Crippen MR) is 106 cm³/mol. The number of methoxy groups -OCH3 is 1. The van der Waals surface area contributed by atoms with Crippen LogP contribution in [0, 0.1) is 0 Å². The normalized spacial score (nSPS) is 10.3. The zero-order valence-electron chi connectivity index (χ0n) is 15.2. The van der Waals surface area contributed by atoms with Crippen molar-refractivity contribution in [2.24, 2.45) is 0 Å². The van der Waals surface area contributed by atoms with Crippen LogP contribution in [0.1, 0.15) is 32.1 Å². The highest BCUT2D eigenvalue weighted by atomic mass is 16.5. The van der Waals surface area contributed by atoms with Crippen molar-refractivity contribution < 1.29 is 9.47 Å². The summed E-state index contributed by atoms with van der Waals surface area (Å²) in [4.78, 5) is 0. The minimum atomic E-state index is 0.768. The van der Waals surface area contributed by atoms with Crippen LogP contribution in [0.3, 0.4) is 0 Å². The van der Waals surface area contributed by atoms with Crippen LogP contribution in [0.25, 0.3) is 11.1 Å². The lowest BCUT2D eigenvalue weighted by Gasteiger charge is -2.08. The molecule has 0 heterocycles. The number of rotatable bonds is 11. The van der Waals surface area contributed by atoms with Gasteiger partial charge < -0.3 is 9.47 Å². The van der Waals surface area contributed by atoms with Crippen molar-refractivity contribution in [3.63, 3.8) is 0 Å². The quantitative estimate of drug-likeness (QED) is 0.347. The molecule has 0 N–H and O–H groups in total. The van der Waals surface area contributed by atoms with Gasteiger partial charge in [0.15, 0.2) is 0 Å². The maximum absolute atomic E-state index is 5.83. The maximum Gasteiger partial charge on any atom is 0.119 e. The van der Waals surface area contributed by atoms with Gasteiger partial charge in [-0.1, -0.05) is 61.9 Å². The first-order chi connectivity index (χ1) is 12.2. The Morgan fingerprint density at radius 1 is 0.840 bits per heavy atom. The molecule has 2 aromatic carbocycles. The molecule has 0 spiro atoms. The van der Waals surface area contributed by atoms with Crippen molar-refractivity contribution in [3.8, 4) is 22.6 Å². The van der Waals surface area contributed by atoms with E-state index in [1.165, 1.54) is 30.4 Å². The first kappa shape index (κ1) is 18.9. The summed E-state index contributed by atoms with van der Waals surface area (Å²) in [6.07, 6.45) is 7.57. The fourth-order valence-electron chi connectivity index (χ4n) is 2.63. The Labute approximate surface area is 151 Å². The molecule has 0 aromatic heterocycles. The van der Waals surface area contributed by atoms with Crippen LogP contribution < -0.4 is 9.47 Å². The number of unbranched alkanes of at least 4 members (excludes halogenated alkanes) is 3. The van der Waals surface area contributed by atoms with E-state index < -0.39 is 0 Å². The summed E-state index contributed by atoms with van der Waals surface area (Å²) in [7, 11) is 1.68. The lowest BCUT2D eigenvalue weighted by atomic mass is 10.1. The van der Waals surface area contributed by atoms with Crippen molar-refractivity contribution in [1.82, 2.24) is 0 Å². The van der Waals surface area contributed by atoms with Gasteiger partial charge in [-0.25, -0.2) is 0 Å². The van der Waals surface area contributed by atoms with Gasteiger partial charge in [-0.15, -0.1) is 0 Å². The molecule has 0 saturated carbocycles. The van der Waals surface area contributed by atoms with Crippen molar-refractivity contribution in [2.75, 3.05) is 13.7 Å². The Morgan fingerprint density at radius 2 is 1.40 bits per heavy atom. The number of hydrogen-bond donors (Lipinski definition) is 0. The van der Waals surface area contributed by atoms with Gasteiger partial charge in [0.2, 0.25) is 0 Å². The van der Waals surface area contributed by atoms with E-state index in [9.17, 15) is 0 Å². The van der Waals surface area contributed by atoms with Crippen LogP contribution in [0.5, 0.6) is 11.5 Å². The monoisotopic (exact) mass is 336 g/mol. The van der Waals surface area contributed by atoms with E-state index >= 15 is 0 Å². The van der Waals surface area contributed by atoms with Crippen molar-refractivity contribution in [1.29, 1.82) is 0 Å². The van der Waals surface area contributed by atoms with E-state index in [1.54, 1.807) is 7.11 Å². The Bertz CT molecular complexity index is 653. The van der Waals surface area contributed by atoms with Gasteiger partial charge >= 0.3 is 0 Å². The summed E-state index contributed by atoms with van der Waals surface area (Å²) in [6, 6.07) is 16.3. The third-order valence-electron chi connectivity index (χ3n) is 4.23. The van der Waals surface area contributed by atoms with Crippen molar-refractivity contribution in [2.45, 2.75) is 32.1 Å². The van der Waals surface area contributed by atoms with E-state index in [-0.39, 0.29) is 0 Å². The fraction of sp³-hybridized carbons (Fsp3) is 0.304. The zero-order chi connectivity index (χ0) is 17.9. The van der Waals surface area contributed by atoms with E-state index in [1.807, 2.05) is 30.3 Å². The second-order valence-electron chi connectivity index (χ2n) is 6.13. The van der Waals surface area contributed by atoms with Gasteiger partial charge in [0.05, 0.1) is 13.7 Å². The smallest absolute Gasteiger partial charge is 0.119 e. The lowest BCUT2D eigenvalue weighted by Crippen LogP contribution is -1.97. The maximum atomic E-state index is 5.83. The molecule has 0 radical (unpaired) electrons. The molecule has 0 unspecified atom stereocenters. The van der Waals surface area contributed by atoms with E-state index in [0.717, 1.165) is 36.5 Å². The number of ether oxygens (including phenoxy) is 2. The molecule has 132 valence electrons. The summed E-state index contributed by atoms with van der Waals surface area (Å²) in [6.45, 7) is 8.43. The van der Waals surface area contributed by atoms with Crippen molar-refractivity contribution in [3.05, 3.63) is 73.3 Å². The third kappa shape index (κ3) is 6.50. The Morgan fingerprint density at radius 3 is 1.96 bits per heavy atom. The Balaban J connectivity index is 1.69. The molecule has 0 atom stereocenters. The highest BCUT2D eigenvalue weighted by Crippen LogP contribution is 2.24. The second-order valence-corrected chi connectivity index (χ2v) is 6.13. The summed E-state index contributed by atoms with van der Waals surface area (Å²) < 4.78 is 11.0. The van der Waals surface area contributed by atoms with E-state index in [2.05, 4.69) is 37.4 Å². The largest absolute Gasteiger partial charge is 0.497 e. The average Bonchev–Trinajstić information content (AvgIpc) is 2.67. The molecular formula is C23H28O2. The Hall–Kier alpha value is -2.48. The number of hydrogen-bond acceptors (Lipinski definition) is 2. The van der Waals surface area contributed by atoms with Crippen LogP contribution in [0.2, 0.25) is 0 Å². The molecule has 25 heavy (non-hydrogen) atoms. The second kappa shape index (κ2) is 10.4. The topological polar surface area (TPSA) is 18.5 Å². The lowest BCUT2D eigenvalue weighted by molar-refractivity contribution is 0.305. The highest BCUT2D eigenvalue weighted by molar-refractivity contribution is 5.64. The summed E-state index contributed by atoms with van der Waals surface area (Å²) in [5.41, 5.74) is 3.49. The number of benzene rings is 2. The molecule has 2 heteroatoms. The summed E-state index contributed by atoms with van der Waals surface area (Å²) >= 11 is 0. The SMILES string of the molecule is C=CC(=C)CCCCCCOc1ccc(-c2ccc(OC)cc2)cc1. The van der Waals surface area contributed by atoms with Gasteiger partial charge in [0.1, 0.15) is 11.5 Å². The van der Waals surface area contributed by atoms with Crippen LogP contribution in [0.4, 0.5) is 0 Å². The summed E-state index contributed by atoms with van der Waals surface area (Å²) in [5, 5.41) is 0. The zero-order valence-corrected chi connectivity index (χ0v) is 15.2. The first-order valence-corrected chi connectivity index (χ1v) is 8.90. The molecule has 0 aliphatic heterocycles. The highest BCUT2D eigenvalue weighted by Gasteiger charge is 2.00. The van der Waals surface area contributed by atoms with Gasteiger partial charge in [0, 0.05) is 0 Å². The summed E-state index contributed by atoms with van der Waals surface area (Å²) in [5.74, 6) is 1.80. The predicted octanol–water partition coefficient (Wildman–Crippen LogP) is 6.43. The fourth-order valence-corrected chi connectivity index (χ4v) is 2.63. The Kier molecular flexibility index (Phi) is 7.84. The molecule has 2 rings (SSSR count). The molecule has 0 fully saturated rings. The van der Waals surface area contributed by atoms with Gasteiger partial charge in [-0.3, -0.25) is 0 Å². The molecule has 0 aliphatic carbocycles. The van der Waals surface area contributed by atoms with Gasteiger partial charge in [0.25, 0.3) is 0 Å². The molecule has 2 aromatic rings. The van der Waals surface area contributed by atoms with E-state index in [0.29, 0.717) is 0 Å². The third-order valence-corrected chi connectivity index (χ3v) is 4.23. The first-order valence-electron chi connectivity index (χ1n) is 8.90. The standard InChI is InChI=1S/C23H28O2/c1-4-19(2)9-7-5-6-8-18-25-23-16-12-21(13-17-23)20-10-14-22(24-3)15-11-20/h4,10-17H,1-2,5-9,18H2,3H3. The molecule has 0 saturated heterocycles. The van der Waals surface area contributed by atoms with Gasteiger partial charge in [-0.05, 0) is 54.7 Å². The van der Waals surface area contributed by atoms with Crippen LogP contribution in [-0.2, 0) is 0 Å². The average molecular weight is 336 g/mol. The minimum Gasteiger partial charge on any atom is -0.497 e. The number of allylic oxidation sites excluding steroid dienone is 2. The molecular weight excluding hydrogens is 308 g/mol. The van der Waals surface area contributed by atoms with Crippen LogP contribution >= 0.6 is 0 Å².